The van der Waals surface area contributed by atoms with Gasteiger partial charge in [-0.15, -0.1) is 0 Å². The summed E-state index contributed by atoms with van der Waals surface area (Å²) in [5, 5.41) is 6.82. The molecule has 0 bridgehead atoms. The zero-order chi connectivity index (χ0) is 25.8. The monoisotopic (exact) mass is 497 g/mol. The van der Waals surface area contributed by atoms with Crippen molar-refractivity contribution >= 4 is 34.6 Å². The molecule has 0 saturated heterocycles. The number of amides is 1. The van der Waals surface area contributed by atoms with Gasteiger partial charge >= 0.3 is 0 Å². The van der Waals surface area contributed by atoms with Gasteiger partial charge in [-0.05, 0) is 49.4 Å². The summed E-state index contributed by atoms with van der Waals surface area (Å²) in [6, 6.07) is 6.80. The Morgan fingerprint density at radius 1 is 1.00 bits per heavy atom. The van der Waals surface area contributed by atoms with Crippen LogP contribution in [0.2, 0.25) is 5.02 Å². The lowest BCUT2D eigenvalue weighted by Gasteiger charge is -2.31. The number of nitrogens with one attached hydrogen (secondary N) is 2. The minimum absolute atomic E-state index is 0.0199. The first-order chi connectivity index (χ1) is 16.3. The van der Waals surface area contributed by atoms with Gasteiger partial charge in [-0.25, -0.2) is 0 Å². The van der Waals surface area contributed by atoms with Crippen LogP contribution in [-0.2, 0) is 6.54 Å². The second-order valence-corrected chi connectivity index (χ2v) is 11.2. The summed E-state index contributed by atoms with van der Waals surface area (Å²) in [5.74, 6) is 1.56. The number of rotatable bonds is 7. The number of hydrogen-bond acceptors (Lipinski definition) is 6. The van der Waals surface area contributed by atoms with E-state index in [1.165, 1.54) is 0 Å². The molecule has 0 fully saturated rings. The Morgan fingerprint density at radius 2 is 1.66 bits per heavy atom. The number of nitrogens with zero attached hydrogens (tertiary/aromatic N) is 1. The number of carbonyl (C=O) groups is 1. The molecule has 35 heavy (non-hydrogen) atoms. The minimum Gasteiger partial charge on any atom is -0.464 e. The molecule has 0 aliphatic carbocycles. The average molecular weight is 498 g/mol. The van der Waals surface area contributed by atoms with Crippen molar-refractivity contribution in [2.24, 2.45) is 11.3 Å². The van der Waals surface area contributed by atoms with Crippen LogP contribution in [0.25, 0.3) is 0 Å². The van der Waals surface area contributed by atoms with Crippen LogP contribution in [0.5, 0.6) is 0 Å². The molecule has 2 atom stereocenters. The number of furan rings is 1. The number of anilines is 3. The molecule has 0 radical (unpaired) electrons. The van der Waals surface area contributed by atoms with E-state index in [2.05, 4.69) is 24.5 Å². The van der Waals surface area contributed by atoms with E-state index < -0.39 is 10.9 Å². The van der Waals surface area contributed by atoms with Gasteiger partial charge in [-0.3, -0.25) is 14.4 Å². The molecule has 0 spiro atoms. The predicted molar refractivity (Wildman–Crippen MR) is 140 cm³/mol. The first kappa shape index (κ1) is 25.0. The molecule has 3 aromatic rings. The van der Waals surface area contributed by atoms with E-state index in [4.69, 9.17) is 16.0 Å². The van der Waals surface area contributed by atoms with Crippen molar-refractivity contribution in [1.29, 1.82) is 0 Å². The number of carbonyl (C=O) groups excluding carboxylic acids is 1. The van der Waals surface area contributed by atoms with Crippen molar-refractivity contribution in [1.82, 2.24) is 4.90 Å². The predicted octanol–water partition coefficient (Wildman–Crippen LogP) is 5.78. The highest BCUT2D eigenvalue weighted by Crippen LogP contribution is 2.40. The van der Waals surface area contributed by atoms with Crippen LogP contribution in [-0.4, -0.2) is 16.8 Å². The third kappa shape index (κ3) is 4.38. The van der Waals surface area contributed by atoms with Crippen LogP contribution in [0.1, 0.15) is 75.0 Å². The highest BCUT2D eigenvalue weighted by atomic mass is 35.5. The Balaban J connectivity index is 1.69. The van der Waals surface area contributed by atoms with Gasteiger partial charge in [0.1, 0.15) is 22.9 Å². The maximum atomic E-state index is 13.4. The lowest BCUT2D eigenvalue weighted by atomic mass is 9.85. The van der Waals surface area contributed by atoms with Crippen LogP contribution < -0.4 is 21.5 Å². The average Bonchev–Trinajstić information content (AvgIpc) is 3.36. The van der Waals surface area contributed by atoms with E-state index in [-0.39, 0.29) is 40.7 Å². The summed E-state index contributed by atoms with van der Waals surface area (Å²) in [4.78, 5) is 40.3. The van der Waals surface area contributed by atoms with Gasteiger partial charge in [0.2, 0.25) is 0 Å². The van der Waals surface area contributed by atoms with Crippen LogP contribution >= 0.6 is 11.6 Å². The molecule has 2 N–H and O–H groups in total. The molecule has 1 amide bonds. The lowest BCUT2D eigenvalue weighted by molar-refractivity contribution is 0.0674. The van der Waals surface area contributed by atoms with Crippen molar-refractivity contribution in [3.05, 3.63) is 72.4 Å². The van der Waals surface area contributed by atoms with E-state index in [9.17, 15) is 14.4 Å². The summed E-state index contributed by atoms with van der Waals surface area (Å²) in [6.07, 6.45) is 0. The molecular weight excluding hydrogens is 466 g/mol. The fourth-order valence-electron chi connectivity index (χ4n) is 4.45. The topological polar surface area (TPSA) is 91.6 Å². The van der Waals surface area contributed by atoms with E-state index in [1.54, 1.807) is 17.0 Å². The van der Waals surface area contributed by atoms with Gasteiger partial charge in [-0.2, -0.15) is 0 Å². The van der Waals surface area contributed by atoms with Gasteiger partial charge in [0.05, 0.1) is 17.3 Å². The van der Waals surface area contributed by atoms with Crippen LogP contribution in [0, 0.1) is 18.3 Å². The highest BCUT2D eigenvalue weighted by molar-refractivity contribution is 6.32. The molecule has 8 heteroatoms. The largest absolute Gasteiger partial charge is 0.464 e. The van der Waals surface area contributed by atoms with E-state index in [0.29, 0.717) is 28.6 Å². The standard InChI is InChI=1S/C27H32ClN3O4/c1-13(2)15(4)31-12-16-17(28)9-10-18(20(16)26(31)34)29-21-22(24(33)23(21)32)30-25(27(5,6)7)19-11-8-14(3)35-19/h8-11,13,15,25,29-30H,12H2,1-7H3/t15-,25+/m1/s1. The van der Waals surface area contributed by atoms with Crippen molar-refractivity contribution < 1.29 is 9.21 Å². The number of aryl methyl sites for hydroxylation is 1. The maximum Gasteiger partial charge on any atom is 0.256 e. The van der Waals surface area contributed by atoms with E-state index >= 15 is 0 Å². The fourth-order valence-corrected chi connectivity index (χ4v) is 4.67. The number of hydrogen-bond donors (Lipinski definition) is 2. The molecule has 2 aromatic carbocycles. The molecule has 1 aliphatic rings. The minimum atomic E-state index is -0.627. The third-order valence-electron chi connectivity index (χ3n) is 6.89. The molecule has 4 rings (SSSR count). The van der Waals surface area contributed by atoms with Crippen LogP contribution in [0.4, 0.5) is 17.1 Å². The Bertz CT molecular complexity index is 1360. The normalized spacial score (nSPS) is 15.6. The fraction of sp³-hybridized carbons (Fsp3) is 0.444. The summed E-state index contributed by atoms with van der Waals surface area (Å²) in [7, 11) is 0. The van der Waals surface area contributed by atoms with Gasteiger partial charge in [0.15, 0.2) is 0 Å². The summed E-state index contributed by atoms with van der Waals surface area (Å²) in [6.45, 7) is 14.5. The highest BCUT2D eigenvalue weighted by Gasteiger charge is 2.37. The van der Waals surface area contributed by atoms with Crippen molar-refractivity contribution in [2.75, 3.05) is 10.6 Å². The lowest BCUT2D eigenvalue weighted by Crippen LogP contribution is -2.39. The summed E-state index contributed by atoms with van der Waals surface area (Å²) in [5.41, 5.74) is 0.412. The van der Waals surface area contributed by atoms with Crippen LogP contribution in [0.3, 0.4) is 0 Å². The number of benzene rings is 1. The molecule has 2 heterocycles. The molecule has 7 nitrogen and oxygen atoms in total. The smallest absolute Gasteiger partial charge is 0.256 e. The SMILES string of the molecule is Cc1ccc([C@H](Nc2c(Nc3ccc(Cl)c4c3C(=O)N([C@H](C)C(C)C)C4)c(=O)c2=O)C(C)(C)C)o1. The Morgan fingerprint density at radius 3 is 2.23 bits per heavy atom. The van der Waals surface area contributed by atoms with Crippen LogP contribution in [0.15, 0.2) is 38.3 Å². The molecule has 186 valence electrons. The second kappa shape index (κ2) is 8.86. The van der Waals surface area contributed by atoms with Gasteiger partial charge < -0.3 is 20.0 Å². The molecule has 0 saturated carbocycles. The van der Waals surface area contributed by atoms with Crippen molar-refractivity contribution in [3.63, 3.8) is 0 Å². The molecule has 1 aromatic heterocycles. The maximum absolute atomic E-state index is 13.4. The first-order valence-corrected chi connectivity index (χ1v) is 12.2. The van der Waals surface area contributed by atoms with E-state index in [1.807, 2.05) is 46.8 Å². The van der Waals surface area contributed by atoms with Crippen molar-refractivity contribution in [2.45, 2.75) is 67.1 Å². The second-order valence-electron chi connectivity index (χ2n) is 10.8. The zero-order valence-corrected chi connectivity index (χ0v) is 22.0. The summed E-state index contributed by atoms with van der Waals surface area (Å²) < 4.78 is 5.83. The third-order valence-corrected chi connectivity index (χ3v) is 7.24. The number of fused-ring (bicyclic) bond motifs is 1. The molecule has 0 unspecified atom stereocenters. The van der Waals surface area contributed by atoms with Gasteiger partial charge in [-0.1, -0.05) is 46.2 Å². The Kier molecular flexibility index (Phi) is 6.34. The van der Waals surface area contributed by atoms with Crippen molar-refractivity contribution in [3.8, 4) is 0 Å². The summed E-state index contributed by atoms with van der Waals surface area (Å²) >= 11 is 6.45. The van der Waals surface area contributed by atoms with Gasteiger partial charge in [0, 0.05) is 23.2 Å². The zero-order valence-electron chi connectivity index (χ0n) is 21.2. The Labute approximate surface area is 210 Å². The molecular formula is C27H32ClN3O4. The quantitative estimate of drug-likeness (QED) is 0.402. The Hall–Kier alpha value is -3.06. The first-order valence-electron chi connectivity index (χ1n) is 11.9. The number of halogens is 1. The van der Waals surface area contributed by atoms with Gasteiger partial charge in [0.25, 0.3) is 16.8 Å². The van der Waals surface area contributed by atoms with E-state index in [0.717, 1.165) is 11.3 Å². The molecule has 1 aliphatic heterocycles.